The van der Waals surface area contributed by atoms with Crippen LogP contribution in [0.5, 0.6) is 0 Å². The van der Waals surface area contributed by atoms with E-state index in [1.165, 1.54) is 17.7 Å². The third kappa shape index (κ3) is 2.20. The van der Waals surface area contributed by atoms with Crippen LogP contribution in [0.1, 0.15) is 0 Å². The van der Waals surface area contributed by atoms with Crippen molar-refractivity contribution in [3.05, 3.63) is 24.3 Å². The zero-order chi connectivity index (χ0) is 8.81. The standard InChI is InChI=1S/C7H6N2.CN.Li/c1-2-4-7-6(3-1)8-5-9-7;1-2;/h1-6H;;. The summed E-state index contributed by atoms with van der Waals surface area (Å²) in [6, 6.07) is 0.218. The van der Waals surface area contributed by atoms with Crippen molar-refractivity contribution in [3.63, 3.8) is 0 Å². The van der Waals surface area contributed by atoms with Crippen LogP contribution in [0.25, 0.3) is 0 Å². The van der Waals surface area contributed by atoms with Crippen LogP contribution < -0.4 is 0 Å². The number of nitrogens with zero attached hydrogens (tertiary/aromatic N) is 3. The first-order valence-electron chi connectivity index (χ1n) is 3.63. The van der Waals surface area contributed by atoms with Crippen LogP contribution in [0.3, 0.4) is 0 Å². The molecule has 54 valence electrons. The molecule has 2 rings (SSSR count). The number of aliphatic imine (C=N–C) groups is 2. The van der Waals surface area contributed by atoms with Gasteiger partial charge >= 0.3 is 27.7 Å². The van der Waals surface area contributed by atoms with Crippen LogP contribution in [-0.2, 0) is 0 Å². The molecule has 1 aliphatic carbocycles. The van der Waals surface area contributed by atoms with E-state index < -0.39 is 0 Å². The van der Waals surface area contributed by atoms with Gasteiger partial charge in [-0.05, 0) is 6.08 Å². The fourth-order valence-corrected chi connectivity index (χ4v) is 0.938. The predicted molar refractivity (Wildman–Crippen MR) is 49.4 cm³/mol. The SMILES string of the molecule is C1=CC2=NC=NC2C=C1.[Li][C]#N. The number of hydrogen-bond acceptors (Lipinski definition) is 3. The average Bonchev–Trinajstić information content (AvgIpc) is 2.52. The van der Waals surface area contributed by atoms with E-state index in [0.29, 0.717) is 0 Å². The summed E-state index contributed by atoms with van der Waals surface area (Å²) in [5.41, 5.74) is 1.05. The fourth-order valence-electron chi connectivity index (χ4n) is 0.938. The molecule has 12 heavy (non-hydrogen) atoms. The van der Waals surface area contributed by atoms with Crippen molar-refractivity contribution in [2.45, 2.75) is 6.04 Å². The van der Waals surface area contributed by atoms with Gasteiger partial charge in [0.25, 0.3) is 0 Å². The topological polar surface area (TPSA) is 48.5 Å². The third-order valence-corrected chi connectivity index (χ3v) is 1.41. The van der Waals surface area contributed by atoms with E-state index in [4.69, 9.17) is 5.26 Å². The summed E-state index contributed by atoms with van der Waals surface area (Å²) >= 11 is 1.43. The van der Waals surface area contributed by atoms with Gasteiger partial charge in [-0.25, -0.2) is 4.99 Å². The molecule has 1 aliphatic heterocycles. The molecule has 0 fully saturated rings. The Labute approximate surface area is 80.4 Å². The van der Waals surface area contributed by atoms with E-state index in [-0.39, 0.29) is 6.04 Å². The summed E-state index contributed by atoms with van der Waals surface area (Å²) in [5, 5.41) is 7.32. The maximum absolute atomic E-state index is 7.32. The van der Waals surface area contributed by atoms with Crippen molar-refractivity contribution in [2.24, 2.45) is 9.98 Å². The number of hydrogen-bond donors (Lipinski definition) is 0. The number of rotatable bonds is 0. The molecular formula is C8H6LiN3. The Bertz CT molecular complexity index is 307. The molecule has 2 aliphatic rings. The second-order valence-electron chi connectivity index (χ2n) is 2.23. The molecule has 3 nitrogen and oxygen atoms in total. The minimum absolute atomic E-state index is 0.218. The zero-order valence-electron chi connectivity index (χ0n) is 6.81. The van der Waals surface area contributed by atoms with Gasteiger partial charge in [-0.2, -0.15) is 0 Å². The van der Waals surface area contributed by atoms with Crippen molar-refractivity contribution in [1.82, 2.24) is 0 Å². The molecule has 0 aromatic heterocycles. The molecular weight excluding hydrogens is 145 g/mol. The Morgan fingerprint density at radius 3 is 2.92 bits per heavy atom. The molecule has 0 bridgehead atoms. The van der Waals surface area contributed by atoms with Crippen molar-refractivity contribution >= 4 is 29.8 Å². The molecule has 0 N–H and O–H groups in total. The molecule has 1 unspecified atom stereocenters. The van der Waals surface area contributed by atoms with Gasteiger partial charge in [-0.1, -0.05) is 18.2 Å². The van der Waals surface area contributed by atoms with E-state index >= 15 is 0 Å². The summed E-state index contributed by atoms with van der Waals surface area (Å²) in [6.45, 7) is 0. The summed E-state index contributed by atoms with van der Waals surface area (Å²) in [7, 11) is 0. The third-order valence-electron chi connectivity index (χ3n) is 1.41. The van der Waals surface area contributed by atoms with Crippen LogP contribution in [0.2, 0.25) is 0 Å². The molecule has 1 atom stereocenters. The summed E-state index contributed by atoms with van der Waals surface area (Å²) in [6.07, 6.45) is 9.59. The van der Waals surface area contributed by atoms with E-state index in [2.05, 4.69) is 9.98 Å². The Morgan fingerprint density at radius 1 is 1.50 bits per heavy atom. The first-order valence-corrected chi connectivity index (χ1v) is 3.63. The van der Waals surface area contributed by atoms with Crippen LogP contribution in [0, 0.1) is 10.0 Å². The molecule has 0 aromatic rings. The van der Waals surface area contributed by atoms with Crippen LogP contribution in [0.15, 0.2) is 34.3 Å². The fraction of sp³-hybridized carbons (Fsp3) is 0.125. The van der Waals surface area contributed by atoms with Gasteiger partial charge in [0.05, 0.1) is 5.71 Å². The van der Waals surface area contributed by atoms with E-state index in [9.17, 15) is 0 Å². The van der Waals surface area contributed by atoms with E-state index in [0.717, 1.165) is 5.71 Å². The Morgan fingerprint density at radius 2 is 2.25 bits per heavy atom. The Hall–Kier alpha value is -1.09. The first kappa shape index (κ1) is 9.00. The van der Waals surface area contributed by atoms with Gasteiger partial charge < -0.3 is 0 Å². The molecule has 1 heterocycles. The first-order chi connectivity index (χ1) is 5.88. The Balaban J connectivity index is 0.000000213. The van der Waals surface area contributed by atoms with Crippen molar-refractivity contribution in [3.8, 4) is 4.74 Å². The summed E-state index contributed by atoms with van der Waals surface area (Å²) in [5.74, 6) is 0. The van der Waals surface area contributed by atoms with Gasteiger partial charge in [-0.3, -0.25) is 4.99 Å². The molecule has 0 amide bonds. The zero-order valence-corrected chi connectivity index (χ0v) is 6.81. The second-order valence-corrected chi connectivity index (χ2v) is 2.23. The second kappa shape index (κ2) is 4.72. The van der Waals surface area contributed by atoms with Crippen LogP contribution in [-0.4, -0.2) is 35.8 Å². The van der Waals surface area contributed by atoms with Gasteiger partial charge in [0.1, 0.15) is 12.4 Å². The number of allylic oxidation sites excluding steroid dienone is 2. The predicted octanol–water partition coefficient (Wildman–Crippen LogP) is 0.600. The van der Waals surface area contributed by atoms with Gasteiger partial charge in [0, 0.05) is 0 Å². The molecule has 0 saturated carbocycles. The van der Waals surface area contributed by atoms with Crippen molar-refractivity contribution < 1.29 is 0 Å². The quantitative estimate of drug-likeness (QED) is 0.467. The Kier molecular flexibility index (Phi) is 3.54. The summed E-state index contributed by atoms with van der Waals surface area (Å²) in [4.78, 5) is 8.14. The number of nitriles is 1. The van der Waals surface area contributed by atoms with Crippen LogP contribution >= 0.6 is 0 Å². The van der Waals surface area contributed by atoms with E-state index in [1.54, 1.807) is 11.1 Å². The normalized spacial score (nSPS) is 22.1. The number of fused-ring (bicyclic) bond motifs is 1. The van der Waals surface area contributed by atoms with E-state index in [1.807, 2.05) is 24.3 Å². The van der Waals surface area contributed by atoms with Crippen LogP contribution in [0.4, 0.5) is 0 Å². The minimum atomic E-state index is 0.218. The average molecular weight is 151 g/mol. The monoisotopic (exact) mass is 151 g/mol. The van der Waals surface area contributed by atoms with Gasteiger partial charge in [0.2, 0.25) is 0 Å². The molecule has 0 aromatic carbocycles. The molecule has 0 saturated heterocycles. The summed E-state index contributed by atoms with van der Waals surface area (Å²) < 4.78 is 1.75. The molecule has 0 radical (unpaired) electrons. The van der Waals surface area contributed by atoms with Crippen molar-refractivity contribution in [1.29, 1.82) is 5.26 Å². The maximum atomic E-state index is 7.32. The van der Waals surface area contributed by atoms with Gasteiger partial charge in [-0.15, -0.1) is 0 Å². The molecule has 0 spiro atoms. The van der Waals surface area contributed by atoms with Gasteiger partial charge in [0.15, 0.2) is 0 Å². The van der Waals surface area contributed by atoms with Crippen molar-refractivity contribution in [2.75, 3.05) is 0 Å². The molecule has 4 heteroatoms.